The molecular weight excluding hydrogens is 438 g/mol. The molecule has 2 N–H and O–H groups in total. The summed E-state index contributed by atoms with van der Waals surface area (Å²) in [4.78, 5) is 37.3. The zero-order chi connectivity index (χ0) is 25.5. The van der Waals surface area contributed by atoms with Gasteiger partial charge in [-0.15, -0.1) is 0 Å². The first-order valence-corrected chi connectivity index (χ1v) is 11.0. The van der Waals surface area contributed by atoms with E-state index in [0.717, 1.165) is 11.1 Å². The van der Waals surface area contributed by atoms with Crippen molar-refractivity contribution in [1.82, 2.24) is 5.32 Å². The highest BCUT2D eigenvalue weighted by molar-refractivity contribution is 5.90. The fourth-order valence-electron chi connectivity index (χ4n) is 2.88. The maximum absolute atomic E-state index is 12.6. The molecule has 0 fully saturated rings. The molecule has 0 saturated carbocycles. The van der Waals surface area contributed by atoms with Crippen molar-refractivity contribution in [3.05, 3.63) is 60.2 Å². The van der Waals surface area contributed by atoms with E-state index in [9.17, 15) is 19.5 Å². The van der Waals surface area contributed by atoms with E-state index in [1.165, 1.54) is 0 Å². The van der Waals surface area contributed by atoms with Crippen LogP contribution in [0.15, 0.2) is 54.6 Å². The standard InChI is InChI=1S/C26H33NO7/c1-25(2,3)33-23(30)21(27-24(31)34-26(4,5)6)20(28)16-32-22(29)19-14-12-18(13-15-19)17-10-8-7-9-11-17/h7-15,20-21,28H,16H2,1-6H3,(H,27,31)/t20-,21+/m1/s1. The minimum atomic E-state index is -1.56. The molecule has 184 valence electrons. The molecule has 8 heteroatoms. The van der Waals surface area contributed by atoms with Crippen molar-refractivity contribution in [2.75, 3.05) is 6.61 Å². The van der Waals surface area contributed by atoms with Crippen molar-refractivity contribution in [1.29, 1.82) is 0 Å². The van der Waals surface area contributed by atoms with Crippen LogP contribution in [0.25, 0.3) is 11.1 Å². The molecule has 0 saturated heterocycles. The minimum absolute atomic E-state index is 0.279. The van der Waals surface area contributed by atoms with Crippen molar-refractivity contribution >= 4 is 18.0 Å². The average Bonchev–Trinajstić information content (AvgIpc) is 2.74. The van der Waals surface area contributed by atoms with E-state index in [1.54, 1.807) is 65.8 Å². The lowest BCUT2D eigenvalue weighted by Gasteiger charge is -2.28. The molecule has 0 aromatic heterocycles. The van der Waals surface area contributed by atoms with E-state index >= 15 is 0 Å². The van der Waals surface area contributed by atoms with Crippen LogP contribution in [0, 0.1) is 0 Å². The highest BCUT2D eigenvalue weighted by atomic mass is 16.6. The second-order valence-electron chi connectivity index (χ2n) is 9.77. The van der Waals surface area contributed by atoms with E-state index in [2.05, 4.69) is 5.32 Å². The van der Waals surface area contributed by atoms with Crippen molar-refractivity contribution in [2.45, 2.75) is 64.9 Å². The average molecular weight is 472 g/mol. The van der Waals surface area contributed by atoms with Gasteiger partial charge in [-0.25, -0.2) is 14.4 Å². The van der Waals surface area contributed by atoms with Gasteiger partial charge in [0.1, 0.15) is 23.9 Å². The van der Waals surface area contributed by atoms with Gasteiger partial charge in [0.2, 0.25) is 0 Å². The highest BCUT2D eigenvalue weighted by Gasteiger charge is 2.35. The van der Waals surface area contributed by atoms with Crippen LogP contribution >= 0.6 is 0 Å². The molecule has 2 aromatic rings. The molecule has 0 spiro atoms. The summed E-state index contributed by atoms with van der Waals surface area (Å²) < 4.78 is 15.6. The van der Waals surface area contributed by atoms with Crippen LogP contribution in [-0.2, 0) is 19.0 Å². The Kier molecular flexibility index (Phi) is 8.81. The zero-order valence-electron chi connectivity index (χ0n) is 20.5. The topological polar surface area (TPSA) is 111 Å². The summed E-state index contributed by atoms with van der Waals surface area (Å²) in [6, 6.07) is 15.0. The van der Waals surface area contributed by atoms with Gasteiger partial charge in [-0.1, -0.05) is 42.5 Å². The van der Waals surface area contributed by atoms with Gasteiger partial charge in [0.25, 0.3) is 0 Å². The first kappa shape index (κ1) is 26.9. The van der Waals surface area contributed by atoms with Crippen LogP contribution in [-0.4, -0.2) is 53.1 Å². The number of benzene rings is 2. The van der Waals surface area contributed by atoms with Crippen LogP contribution in [0.1, 0.15) is 51.9 Å². The van der Waals surface area contributed by atoms with Crippen molar-refractivity contribution in [3.63, 3.8) is 0 Å². The fraction of sp³-hybridized carbons (Fsp3) is 0.423. The Morgan fingerprint density at radius 1 is 0.824 bits per heavy atom. The first-order chi connectivity index (χ1) is 15.7. The van der Waals surface area contributed by atoms with Gasteiger partial charge in [0.05, 0.1) is 5.56 Å². The summed E-state index contributed by atoms with van der Waals surface area (Å²) in [7, 11) is 0. The number of carbonyl (C=O) groups is 3. The Hall–Kier alpha value is -3.39. The summed E-state index contributed by atoms with van der Waals surface area (Å²) in [5.74, 6) is -1.56. The molecule has 2 aromatic carbocycles. The Labute approximate surface area is 200 Å². The lowest BCUT2D eigenvalue weighted by Crippen LogP contribution is -2.53. The number of amides is 1. The van der Waals surface area contributed by atoms with E-state index < -0.39 is 48.0 Å². The quantitative estimate of drug-likeness (QED) is 0.462. The van der Waals surface area contributed by atoms with Crippen LogP contribution < -0.4 is 5.32 Å². The number of aliphatic hydroxyl groups excluding tert-OH is 1. The number of nitrogens with one attached hydrogen (secondary N) is 1. The molecule has 34 heavy (non-hydrogen) atoms. The van der Waals surface area contributed by atoms with Gasteiger partial charge in [0.15, 0.2) is 6.04 Å². The number of hydrogen-bond donors (Lipinski definition) is 2. The molecule has 0 aliphatic heterocycles. The zero-order valence-corrected chi connectivity index (χ0v) is 20.5. The number of carbonyl (C=O) groups excluding carboxylic acids is 3. The highest BCUT2D eigenvalue weighted by Crippen LogP contribution is 2.20. The van der Waals surface area contributed by atoms with Gasteiger partial charge in [0, 0.05) is 0 Å². The van der Waals surface area contributed by atoms with Gasteiger partial charge < -0.3 is 24.6 Å². The number of hydrogen-bond acceptors (Lipinski definition) is 7. The molecule has 8 nitrogen and oxygen atoms in total. The Morgan fingerprint density at radius 3 is 1.88 bits per heavy atom. The molecule has 0 heterocycles. The van der Waals surface area contributed by atoms with Crippen LogP contribution in [0.5, 0.6) is 0 Å². The van der Waals surface area contributed by atoms with Crippen LogP contribution in [0.2, 0.25) is 0 Å². The summed E-state index contributed by atoms with van der Waals surface area (Å²) in [6.45, 7) is 9.41. The minimum Gasteiger partial charge on any atom is -0.459 e. The van der Waals surface area contributed by atoms with Gasteiger partial charge in [-0.2, -0.15) is 0 Å². The van der Waals surface area contributed by atoms with Crippen LogP contribution in [0.4, 0.5) is 4.79 Å². The molecule has 2 atom stereocenters. The molecule has 2 rings (SSSR count). The molecule has 0 aliphatic rings. The fourth-order valence-corrected chi connectivity index (χ4v) is 2.88. The summed E-state index contributed by atoms with van der Waals surface area (Å²) >= 11 is 0. The van der Waals surface area contributed by atoms with E-state index in [-0.39, 0.29) is 5.56 Å². The van der Waals surface area contributed by atoms with Crippen molar-refractivity contribution in [3.8, 4) is 11.1 Å². The number of rotatable bonds is 7. The molecule has 0 bridgehead atoms. The molecule has 0 aliphatic carbocycles. The van der Waals surface area contributed by atoms with E-state index in [4.69, 9.17) is 14.2 Å². The molecule has 0 unspecified atom stereocenters. The van der Waals surface area contributed by atoms with Crippen LogP contribution in [0.3, 0.4) is 0 Å². The second kappa shape index (κ2) is 11.2. The van der Waals surface area contributed by atoms with Gasteiger partial charge in [-0.05, 0) is 64.8 Å². The lowest BCUT2D eigenvalue weighted by atomic mass is 10.0. The lowest BCUT2D eigenvalue weighted by molar-refractivity contribution is -0.161. The molecule has 1 amide bonds. The number of ether oxygens (including phenoxy) is 3. The maximum atomic E-state index is 12.6. The van der Waals surface area contributed by atoms with Crippen molar-refractivity contribution in [2.24, 2.45) is 0 Å². The second-order valence-corrected chi connectivity index (χ2v) is 9.77. The number of alkyl carbamates (subject to hydrolysis) is 1. The smallest absolute Gasteiger partial charge is 0.408 e. The van der Waals surface area contributed by atoms with Gasteiger partial charge >= 0.3 is 18.0 Å². The normalized spacial score (nSPS) is 13.4. The third-order valence-corrected chi connectivity index (χ3v) is 4.33. The van der Waals surface area contributed by atoms with E-state index in [1.807, 2.05) is 30.3 Å². The Bertz CT molecular complexity index is 973. The first-order valence-electron chi connectivity index (χ1n) is 11.0. The predicted octanol–water partition coefficient (Wildman–Crippen LogP) is 4.11. The Balaban J connectivity index is 2.05. The SMILES string of the molecule is CC(C)(C)OC(=O)N[C@H](C(=O)OC(C)(C)C)[C@H](O)COC(=O)c1ccc(-c2ccccc2)cc1. The molecular formula is C26H33NO7. The predicted molar refractivity (Wildman–Crippen MR) is 127 cm³/mol. The summed E-state index contributed by atoms with van der Waals surface area (Å²) in [5, 5.41) is 12.9. The largest absolute Gasteiger partial charge is 0.459 e. The summed E-state index contributed by atoms with van der Waals surface area (Å²) in [5.41, 5.74) is 0.545. The molecule has 0 radical (unpaired) electrons. The number of esters is 2. The third-order valence-electron chi connectivity index (χ3n) is 4.33. The summed E-state index contributed by atoms with van der Waals surface area (Å²) in [6.07, 6.45) is -2.47. The number of aliphatic hydroxyl groups is 1. The Morgan fingerprint density at radius 2 is 1.35 bits per heavy atom. The van der Waals surface area contributed by atoms with Crippen molar-refractivity contribution < 1.29 is 33.7 Å². The van der Waals surface area contributed by atoms with Gasteiger partial charge in [-0.3, -0.25) is 0 Å². The third kappa shape index (κ3) is 8.86. The maximum Gasteiger partial charge on any atom is 0.408 e. The van der Waals surface area contributed by atoms with E-state index in [0.29, 0.717) is 0 Å². The monoisotopic (exact) mass is 471 g/mol.